The Morgan fingerprint density at radius 2 is 2.12 bits per heavy atom. The monoisotopic (exact) mass is 226 g/mol. The molecule has 0 saturated heterocycles. The molecular formula is C12H22N2O2. The van der Waals surface area contributed by atoms with Crippen molar-refractivity contribution in [2.45, 2.75) is 31.7 Å². The van der Waals surface area contributed by atoms with Gasteiger partial charge < -0.3 is 15.0 Å². The molecule has 2 aliphatic rings. The second-order valence-electron chi connectivity index (χ2n) is 4.99. The minimum absolute atomic E-state index is 0.168. The summed E-state index contributed by atoms with van der Waals surface area (Å²) in [4.78, 5) is 13.4. The van der Waals surface area contributed by atoms with Gasteiger partial charge in [-0.05, 0) is 31.6 Å². The van der Waals surface area contributed by atoms with Crippen molar-refractivity contribution in [3.63, 3.8) is 0 Å². The fourth-order valence-electron chi connectivity index (χ4n) is 1.51. The molecule has 1 amide bonds. The van der Waals surface area contributed by atoms with Crippen LogP contribution in [0.2, 0.25) is 0 Å². The molecule has 2 rings (SSSR count). The summed E-state index contributed by atoms with van der Waals surface area (Å²) < 4.78 is 5.50. The zero-order valence-corrected chi connectivity index (χ0v) is 10.1. The van der Waals surface area contributed by atoms with Gasteiger partial charge >= 0.3 is 0 Å². The Labute approximate surface area is 97.3 Å². The summed E-state index contributed by atoms with van der Waals surface area (Å²) in [7, 11) is 1.84. The van der Waals surface area contributed by atoms with Crippen molar-refractivity contribution < 1.29 is 9.53 Å². The van der Waals surface area contributed by atoms with Gasteiger partial charge in [-0.3, -0.25) is 4.79 Å². The van der Waals surface area contributed by atoms with E-state index in [0.717, 1.165) is 12.5 Å². The molecule has 1 N–H and O–H groups in total. The lowest BCUT2D eigenvalue weighted by Crippen LogP contribution is -2.38. The molecule has 0 aliphatic heterocycles. The third-order valence-corrected chi connectivity index (χ3v) is 3.17. The van der Waals surface area contributed by atoms with Crippen molar-refractivity contribution in [3.05, 3.63) is 0 Å². The number of rotatable bonds is 8. The van der Waals surface area contributed by atoms with Crippen molar-refractivity contribution in [3.8, 4) is 0 Å². The Kier molecular flexibility index (Phi) is 4.18. The lowest BCUT2D eigenvalue weighted by atomic mass is 10.4. The van der Waals surface area contributed by atoms with Gasteiger partial charge in [0, 0.05) is 26.2 Å². The highest BCUT2D eigenvalue weighted by molar-refractivity contribution is 5.78. The second kappa shape index (κ2) is 5.64. The first-order valence-electron chi connectivity index (χ1n) is 6.31. The highest BCUT2D eigenvalue weighted by atomic mass is 16.5. The van der Waals surface area contributed by atoms with Crippen LogP contribution in [-0.4, -0.2) is 50.2 Å². The summed E-state index contributed by atoms with van der Waals surface area (Å²) in [5.41, 5.74) is 0. The minimum Gasteiger partial charge on any atom is -0.379 e. The molecule has 2 aliphatic carbocycles. The molecule has 2 saturated carbocycles. The van der Waals surface area contributed by atoms with Crippen molar-refractivity contribution in [2.75, 3.05) is 33.4 Å². The normalized spacial score (nSPS) is 19.8. The van der Waals surface area contributed by atoms with Gasteiger partial charge in [-0.2, -0.15) is 0 Å². The summed E-state index contributed by atoms with van der Waals surface area (Å²) in [5, 5.41) is 3.22. The quantitative estimate of drug-likeness (QED) is 0.617. The molecule has 2 fully saturated rings. The standard InChI is InChI=1S/C12H22N2O2/c1-14(6-7-16-9-10-2-3-10)12(15)8-13-11-4-5-11/h10-11,13H,2-9H2,1H3. The van der Waals surface area contributed by atoms with E-state index in [1.807, 2.05) is 7.05 Å². The molecule has 0 aromatic rings. The van der Waals surface area contributed by atoms with Gasteiger partial charge in [0.15, 0.2) is 0 Å². The van der Waals surface area contributed by atoms with Crippen LogP contribution >= 0.6 is 0 Å². The fourth-order valence-corrected chi connectivity index (χ4v) is 1.51. The summed E-state index contributed by atoms with van der Waals surface area (Å²) in [6, 6.07) is 0.600. The van der Waals surface area contributed by atoms with Crippen LogP contribution in [-0.2, 0) is 9.53 Å². The van der Waals surface area contributed by atoms with Gasteiger partial charge in [0.1, 0.15) is 0 Å². The number of nitrogens with zero attached hydrogens (tertiary/aromatic N) is 1. The van der Waals surface area contributed by atoms with E-state index in [1.54, 1.807) is 4.90 Å². The van der Waals surface area contributed by atoms with Crippen molar-refractivity contribution >= 4 is 5.91 Å². The maximum absolute atomic E-state index is 11.6. The number of carbonyl (C=O) groups excluding carboxylic acids is 1. The first kappa shape index (κ1) is 11.9. The summed E-state index contributed by atoms with van der Waals surface area (Å²) in [6.45, 7) is 2.73. The third-order valence-electron chi connectivity index (χ3n) is 3.17. The molecule has 4 heteroatoms. The molecule has 0 bridgehead atoms. The van der Waals surface area contributed by atoms with Gasteiger partial charge in [-0.15, -0.1) is 0 Å². The van der Waals surface area contributed by atoms with Crippen LogP contribution < -0.4 is 5.32 Å². The van der Waals surface area contributed by atoms with E-state index < -0.39 is 0 Å². The first-order chi connectivity index (χ1) is 7.75. The summed E-state index contributed by atoms with van der Waals surface area (Å²) >= 11 is 0. The smallest absolute Gasteiger partial charge is 0.236 e. The van der Waals surface area contributed by atoms with E-state index in [2.05, 4.69) is 5.32 Å². The molecule has 16 heavy (non-hydrogen) atoms. The molecule has 0 aromatic carbocycles. The third kappa shape index (κ3) is 4.49. The van der Waals surface area contributed by atoms with E-state index in [1.165, 1.54) is 25.7 Å². The van der Waals surface area contributed by atoms with Crippen molar-refractivity contribution in [2.24, 2.45) is 5.92 Å². The highest BCUT2D eigenvalue weighted by Gasteiger charge is 2.22. The van der Waals surface area contributed by atoms with Crippen molar-refractivity contribution in [1.82, 2.24) is 10.2 Å². The predicted molar refractivity (Wildman–Crippen MR) is 62.2 cm³/mol. The number of likely N-dealkylation sites (N-methyl/N-ethyl adjacent to an activating group) is 1. The Hall–Kier alpha value is -0.610. The van der Waals surface area contributed by atoms with E-state index in [0.29, 0.717) is 25.7 Å². The number of hydrogen-bond donors (Lipinski definition) is 1. The van der Waals surface area contributed by atoms with Crippen LogP contribution in [0.5, 0.6) is 0 Å². The lowest BCUT2D eigenvalue weighted by molar-refractivity contribution is -0.129. The number of nitrogens with one attached hydrogen (secondary N) is 1. The van der Waals surface area contributed by atoms with Gasteiger partial charge in [-0.25, -0.2) is 0 Å². The number of hydrogen-bond acceptors (Lipinski definition) is 3. The minimum atomic E-state index is 0.168. The average molecular weight is 226 g/mol. The van der Waals surface area contributed by atoms with Crippen molar-refractivity contribution in [1.29, 1.82) is 0 Å². The number of carbonyl (C=O) groups is 1. The van der Waals surface area contributed by atoms with E-state index in [4.69, 9.17) is 4.74 Å². The Balaban J connectivity index is 1.47. The number of ether oxygens (including phenoxy) is 1. The molecule has 0 aromatic heterocycles. The maximum atomic E-state index is 11.6. The van der Waals surface area contributed by atoms with E-state index >= 15 is 0 Å². The molecule has 4 nitrogen and oxygen atoms in total. The largest absolute Gasteiger partial charge is 0.379 e. The first-order valence-corrected chi connectivity index (χ1v) is 6.31. The van der Waals surface area contributed by atoms with Gasteiger partial charge in [0.05, 0.1) is 13.2 Å². The Bertz CT molecular complexity index is 237. The van der Waals surface area contributed by atoms with Gasteiger partial charge in [0.25, 0.3) is 0 Å². The number of amides is 1. The zero-order valence-electron chi connectivity index (χ0n) is 10.1. The molecule has 92 valence electrons. The van der Waals surface area contributed by atoms with Gasteiger partial charge in [0.2, 0.25) is 5.91 Å². The van der Waals surface area contributed by atoms with Crippen LogP contribution in [0.3, 0.4) is 0 Å². The average Bonchev–Trinajstić information content (AvgIpc) is 3.14. The van der Waals surface area contributed by atoms with E-state index in [9.17, 15) is 4.79 Å². The lowest BCUT2D eigenvalue weighted by Gasteiger charge is -2.17. The Morgan fingerprint density at radius 3 is 2.75 bits per heavy atom. The van der Waals surface area contributed by atoms with Crippen LogP contribution in [0.15, 0.2) is 0 Å². The SMILES string of the molecule is CN(CCOCC1CC1)C(=O)CNC1CC1. The molecule has 0 radical (unpaired) electrons. The maximum Gasteiger partial charge on any atom is 0.236 e. The molecule has 0 heterocycles. The zero-order chi connectivity index (χ0) is 11.4. The summed E-state index contributed by atoms with van der Waals surface area (Å²) in [6.07, 6.45) is 5.09. The molecule has 0 spiro atoms. The second-order valence-corrected chi connectivity index (χ2v) is 4.99. The topological polar surface area (TPSA) is 41.6 Å². The van der Waals surface area contributed by atoms with Crippen LogP contribution in [0, 0.1) is 5.92 Å². The molecular weight excluding hydrogens is 204 g/mol. The Morgan fingerprint density at radius 1 is 1.38 bits per heavy atom. The van der Waals surface area contributed by atoms with Crippen LogP contribution in [0.1, 0.15) is 25.7 Å². The summed E-state index contributed by atoms with van der Waals surface area (Å²) in [5.74, 6) is 0.972. The molecule has 0 unspecified atom stereocenters. The van der Waals surface area contributed by atoms with Gasteiger partial charge in [-0.1, -0.05) is 0 Å². The predicted octanol–water partition coefficient (Wildman–Crippen LogP) is 0.623. The fraction of sp³-hybridized carbons (Fsp3) is 0.917. The van der Waals surface area contributed by atoms with E-state index in [-0.39, 0.29) is 5.91 Å². The molecule has 0 atom stereocenters. The van der Waals surface area contributed by atoms with Crippen LogP contribution in [0.25, 0.3) is 0 Å². The highest BCUT2D eigenvalue weighted by Crippen LogP contribution is 2.28. The van der Waals surface area contributed by atoms with Crippen LogP contribution in [0.4, 0.5) is 0 Å².